The highest BCUT2D eigenvalue weighted by Gasteiger charge is 2.15. The van der Waals surface area contributed by atoms with Crippen LogP contribution in [0.15, 0.2) is 51.8 Å². The van der Waals surface area contributed by atoms with Gasteiger partial charge in [-0.15, -0.1) is 0 Å². The molecule has 0 bridgehead atoms. The van der Waals surface area contributed by atoms with Crippen molar-refractivity contribution in [2.75, 3.05) is 19.7 Å². The van der Waals surface area contributed by atoms with E-state index >= 15 is 0 Å². The summed E-state index contributed by atoms with van der Waals surface area (Å²) >= 11 is 3.55. The Morgan fingerprint density at radius 1 is 1.06 bits per heavy atom. The van der Waals surface area contributed by atoms with Gasteiger partial charge in [0.2, 0.25) is 10.0 Å². The van der Waals surface area contributed by atoms with Crippen LogP contribution in [0.5, 0.6) is 5.75 Å². The summed E-state index contributed by atoms with van der Waals surface area (Å²) in [6.45, 7) is 7.91. The van der Waals surface area contributed by atoms with Crippen molar-refractivity contribution in [3.05, 3.63) is 58.1 Å². The molecule has 0 saturated heterocycles. The van der Waals surface area contributed by atoms with Gasteiger partial charge in [-0.2, -0.15) is 0 Å². The number of nitrogens with two attached hydrogens (primary N) is 1. The molecule has 9 heteroatoms. The van der Waals surface area contributed by atoms with Crippen LogP contribution < -0.4 is 20.5 Å². The number of primary sulfonamides is 1. The van der Waals surface area contributed by atoms with Gasteiger partial charge in [0.15, 0.2) is 0 Å². The maximum atomic E-state index is 11.9. The first kappa shape index (κ1) is 25.2. The topological polar surface area (TPSA) is 111 Å². The zero-order chi connectivity index (χ0) is 23.1. The smallest absolute Gasteiger partial charge is 0.314 e. The predicted octanol–water partition coefficient (Wildman–Crippen LogP) is 3.70. The minimum absolute atomic E-state index is 0.0707. The third kappa shape index (κ3) is 8.51. The van der Waals surface area contributed by atoms with Gasteiger partial charge in [0.1, 0.15) is 5.75 Å². The molecule has 0 spiro atoms. The van der Waals surface area contributed by atoms with Gasteiger partial charge in [0.05, 0.1) is 16.0 Å². The second-order valence-corrected chi connectivity index (χ2v) is 10.6. The fourth-order valence-corrected chi connectivity index (χ4v) is 3.78. The number of rotatable bonds is 9. The van der Waals surface area contributed by atoms with Crippen LogP contribution in [0.3, 0.4) is 0 Å². The summed E-state index contributed by atoms with van der Waals surface area (Å²) in [6.07, 6.45) is 1.26. The van der Waals surface area contributed by atoms with E-state index in [1.165, 1.54) is 17.7 Å². The van der Waals surface area contributed by atoms with Crippen molar-refractivity contribution in [1.29, 1.82) is 0 Å². The number of ether oxygens (including phenoxy) is 1. The van der Waals surface area contributed by atoms with Gasteiger partial charge in [-0.25, -0.2) is 18.4 Å². The van der Waals surface area contributed by atoms with Crippen molar-refractivity contribution < 1.29 is 17.9 Å². The highest BCUT2D eigenvalue weighted by molar-refractivity contribution is 9.10. The Kier molecular flexibility index (Phi) is 8.90. The molecule has 2 amide bonds. The lowest BCUT2D eigenvalue weighted by Gasteiger charge is -2.20. The second kappa shape index (κ2) is 11.0. The number of carbonyl (C=O) groups is 1. The molecular weight excluding hydrogens is 482 g/mol. The number of carbonyl (C=O) groups excluding carboxylic acids is 1. The molecule has 0 unspecified atom stereocenters. The quantitative estimate of drug-likeness (QED) is 0.445. The van der Waals surface area contributed by atoms with Crippen LogP contribution in [0.1, 0.15) is 38.3 Å². The van der Waals surface area contributed by atoms with Crippen LogP contribution in [0.25, 0.3) is 0 Å². The summed E-state index contributed by atoms with van der Waals surface area (Å²) in [5.74, 6) is 0.783. The lowest BCUT2D eigenvalue weighted by molar-refractivity contribution is 0.239. The van der Waals surface area contributed by atoms with Crippen molar-refractivity contribution >= 4 is 32.0 Å². The molecule has 0 aliphatic rings. The molecule has 0 aliphatic heterocycles. The first-order valence-corrected chi connectivity index (χ1v) is 12.4. The van der Waals surface area contributed by atoms with Gasteiger partial charge in [-0.05, 0) is 69.6 Å². The first-order chi connectivity index (χ1) is 14.5. The molecule has 170 valence electrons. The molecule has 2 aromatic carbocycles. The number of benzene rings is 2. The predicted molar refractivity (Wildman–Crippen MR) is 126 cm³/mol. The number of nitrogens with one attached hydrogen (secondary N) is 2. The van der Waals surface area contributed by atoms with Gasteiger partial charge in [-0.1, -0.05) is 39.0 Å². The highest BCUT2D eigenvalue weighted by atomic mass is 79.9. The average molecular weight is 512 g/mol. The van der Waals surface area contributed by atoms with Gasteiger partial charge in [0.25, 0.3) is 0 Å². The zero-order valence-corrected chi connectivity index (χ0v) is 20.5. The van der Waals surface area contributed by atoms with E-state index in [0.29, 0.717) is 32.5 Å². The minimum Gasteiger partial charge on any atom is -0.492 e. The molecule has 0 aromatic heterocycles. The SMILES string of the molecule is CC(C)(C)c1ccc(OCCCNC(=O)NCCc2ccc(S(N)(=O)=O)cc2)c(Br)c1. The highest BCUT2D eigenvalue weighted by Crippen LogP contribution is 2.31. The normalized spacial score (nSPS) is 11.8. The Morgan fingerprint density at radius 3 is 2.29 bits per heavy atom. The molecular formula is C22H30BrN3O4S. The summed E-state index contributed by atoms with van der Waals surface area (Å²) in [6, 6.07) is 12.1. The van der Waals surface area contributed by atoms with E-state index < -0.39 is 10.0 Å². The second-order valence-electron chi connectivity index (χ2n) is 8.22. The Hall–Kier alpha value is -2.10. The van der Waals surface area contributed by atoms with E-state index in [2.05, 4.69) is 59.5 Å². The Morgan fingerprint density at radius 2 is 1.71 bits per heavy atom. The van der Waals surface area contributed by atoms with Crippen LogP contribution in [-0.4, -0.2) is 34.1 Å². The van der Waals surface area contributed by atoms with Crippen molar-refractivity contribution in [3.63, 3.8) is 0 Å². The third-order valence-electron chi connectivity index (χ3n) is 4.61. The standard InChI is InChI=1S/C22H30BrN3O4S/c1-22(2,3)17-7-10-20(19(23)15-17)30-14-4-12-25-21(27)26-13-11-16-5-8-18(9-6-16)31(24,28)29/h5-10,15H,4,11-14H2,1-3H3,(H2,24,28,29)(H2,25,26,27). The van der Waals surface area contributed by atoms with Crippen LogP contribution in [0.4, 0.5) is 4.79 Å². The van der Waals surface area contributed by atoms with E-state index in [4.69, 9.17) is 9.88 Å². The van der Waals surface area contributed by atoms with E-state index in [1.807, 2.05) is 6.07 Å². The monoisotopic (exact) mass is 511 g/mol. The summed E-state index contributed by atoms with van der Waals surface area (Å²) < 4.78 is 29.2. The van der Waals surface area contributed by atoms with E-state index in [-0.39, 0.29) is 16.3 Å². The molecule has 2 rings (SSSR count). The van der Waals surface area contributed by atoms with Crippen LogP contribution in [0, 0.1) is 0 Å². The number of hydrogen-bond donors (Lipinski definition) is 3. The third-order valence-corrected chi connectivity index (χ3v) is 6.16. The first-order valence-electron chi connectivity index (χ1n) is 10.0. The number of urea groups is 1. The van der Waals surface area contributed by atoms with Gasteiger partial charge in [0, 0.05) is 13.1 Å². The van der Waals surface area contributed by atoms with Crippen LogP contribution in [0.2, 0.25) is 0 Å². The number of halogens is 1. The van der Waals surface area contributed by atoms with Crippen LogP contribution in [-0.2, 0) is 21.9 Å². The van der Waals surface area contributed by atoms with Crippen LogP contribution >= 0.6 is 15.9 Å². The lowest BCUT2D eigenvalue weighted by Crippen LogP contribution is -2.37. The Labute approximate surface area is 192 Å². The number of amides is 2. The zero-order valence-electron chi connectivity index (χ0n) is 18.1. The largest absolute Gasteiger partial charge is 0.492 e. The van der Waals surface area contributed by atoms with E-state index in [0.717, 1.165) is 15.8 Å². The molecule has 31 heavy (non-hydrogen) atoms. The molecule has 0 radical (unpaired) electrons. The van der Waals surface area contributed by atoms with E-state index in [9.17, 15) is 13.2 Å². The average Bonchev–Trinajstić information content (AvgIpc) is 2.67. The number of sulfonamides is 1. The molecule has 0 atom stereocenters. The minimum atomic E-state index is -3.69. The van der Waals surface area contributed by atoms with Crippen molar-refractivity contribution in [2.24, 2.45) is 5.14 Å². The van der Waals surface area contributed by atoms with E-state index in [1.54, 1.807) is 12.1 Å². The summed E-state index contributed by atoms with van der Waals surface area (Å²) in [5, 5.41) is 10.6. The molecule has 4 N–H and O–H groups in total. The molecule has 2 aromatic rings. The lowest BCUT2D eigenvalue weighted by atomic mass is 9.87. The van der Waals surface area contributed by atoms with Gasteiger partial charge in [-0.3, -0.25) is 0 Å². The Balaban J connectivity index is 1.63. The molecule has 0 fully saturated rings. The summed E-state index contributed by atoms with van der Waals surface area (Å²) in [7, 11) is -3.69. The summed E-state index contributed by atoms with van der Waals surface area (Å²) in [4.78, 5) is 11.9. The molecule has 7 nitrogen and oxygen atoms in total. The van der Waals surface area contributed by atoms with Gasteiger partial charge >= 0.3 is 6.03 Å². The Bertz CT molecular complexity index is 987. The van der Waals surface area contributed by atoms with Gasteiger partial charge < -0.3 is 15.4 Å². The fourth-order valence-electron chi connectivity index (χ4n) is 2.77. The van der Waals surface area contributed by atoms with Crippen molar-refractivity contribution in [3.8, 4) is 5.75 Å². The molecule has 0 aliphatic carbocycles. The maximum absolute atomic E-state index is 11.9. The maximum Gasteiger partial charge on any atom is 0.314 e. The summed E-state index contributed by atoms with van der Waals surface area (Å²) in [5.41, 5.74) is 2.21. The molecule has 0 heterocycles. The fraction of sp³-hybridized carbons (Fsp3) is 0.409. The van der Waals surface area contributed by atoms with Crippen molar-refractivity contribution in [1.82, 2.24) is 10.6 Å². The van der Waals surface area contributed by atoms with Crippen molar-refractivity contribution in [2.45, 2.75) is 43.9 Å². The molecule has 0 saturated carbocycles. The number of hydrogen-bond acceptors (Lipinski definition) is 4.